The quantitative estimate of drug-likeness (QED) is 0.845. The van der Waals surface area contributed by atoms with Crippen molar-refractivity contribution >= 4 is 0 Å². The zero-order valence-corrected chi connectivity index (χ0v) is 11.2. The lowest BCUT2D eigenvalue weighted by molar-refractivity contribution is -0.0140. The molecule has 5 heteroatoms. The first-order valence-corrected chi connectivity index (χ1v) is 5.63. The Balaban J connectivity index is 2.66. The minimum absolute atomic E-state index is 0.0835. The van der Waals surface area contributed by atoms with Crippen molar-refractivity contribution < 1.29 is 9.47 Å². The van der Waals surface area contributed by atoms with Gasteiger partial charge in [-0.2, -0.15) is 0 Å². The first-order valence-electron chi connectivity index (χ1n) is 5.63. The lowest BCUT2D eigenvalue weighted by Gasteiger charge is -2.24. The molecular formula is C12H21N3O2. The normalized spacial score (nSPS) is 13.5. The molecule has 0 aliphatic carbocycles. The number of rotatable bonds is 5. The Morgan fingerprint density at radius 3 is 2.29 bits per heavy atom. The van der Waals surface area contributed by atoms with Crippen LogP contribution in [-0.4, -0.2) is 36.3 Å². The van der Waals surface area contributed by atoms with Crippen LogP contribution in [0.25, 0.3) is 0 Å². The van der Waals surface area contributed by atoms with Crippen LogP contribution >= 0.6 is 0 Å². The third-order valence-electron chi connectivity index (χ3n) is 2.26. The van der Waals surface area contributed by atoms with Crippen LogP contribution < -0.4 is 10.1 Å². The van der Waals surface area contributed by atoms with Crippen molar-refractivity contribution in [2.75, 3.05) is 20.8 Å². The van der Waals surface area contributed by atoms with E-state index in [1.165, 1.54) is 0 Å². The van der Waals surface area contributed by atoms with Crippen LogP contribution in [0.3, 0.4) is 0 Å². The predicted octanol–water partition coefficient (Wildman–Crippen LogP) is 1.56. The summed E-state index contributed by atoms with van der Waals surface area (Å²) in [5.41, 5.74) is 0.833. The molecule has 1 rings (SSSR count). The third kappa shape index (κ3) is 4.66. The van der Waals surface area contributed by atoms with E-state index in [1.54, 1.807) is 19.5 Å². The predicted molar refractivity (Wildman–Crippen MR) is 66.1 cm³/mol. The lowest BCUT2D eigenvalue weighted by atomic mass is 10.1. The summed E-state index contributed by atoms with van der Waals surface area (Å²) in [5.74, 6) is 0. The second kappa shape index (κ2) is 5.93. The van der Waals surface area contributed by atoms with Gasteiger partial charge >= 0.3 is 6.01 Å². The fourth-order valence-electron chi connectivity index (χ4n) is 1.29. The SMILES string of the molecule is CNC(COC(C)(C)C)c1cnc(OC)nc1. The highest BCUT2D eigenvalue weighted by Gasteiger charge is 2.16. The summed E-state index contributed by atoms with van der Waals surface area (Å²) in [6.07, 6.45) is 3.50. The summed E-state index contributed by atoms with van der Waals surface area (Å²) in [5, 5.41) is 3.18. The van der Waals surface area contributed by atoms with Crippen LogP contribution in [0.1, 0.15) is 32.4 Å². The smallest absolute Gasteiger partial charge is 0.316 e. The number of likely N-dealkylation sites (N-methyl/N-ethyl adjacent to an activating group) is 1. The number of nitrogens with one attached hydrogen (secondary N) is 1. The second-order valence-electron chi connectivity index (χ2n) is 4.77. The van der Waals surface area contributed by atoms with Crippen LogP contribution in [0.4, 0.5) is 0 Å². The molecule has 17 heavy (non-hydrogen) atoms. The van der Waals surface area contributed by atoms with E-state index in [1.807, 2.05) is 27.8 Å². The molecule has 0 saturated carbocycles. The summed E-state index contributed by atoms with van der Waals surface area (Å²) in [6.45, 7) is 6.68. The molecule has 0 aliphatic heterocycles. The van der Waals surface area contributed by atoms with Crippen molar-refractivity contribution in [3.8, 4) is 6.01 Å². The summed E-state index contributed by atoms with van der Waals surface area (Å²) in [7, 11) is 3.44. The maximum Gasteiger partial charge on any atom is 0.316 e. The molecular weight excluding hydrogens is 218 g/mol. The van der Waals surface area contributed by atoms with Crippen LogP contribution in [0.15, 0.2) is 12.4 Å². The maximum absolute atomic E-state index is 5.74. The molecule has 1 heterocycles. The average Bonchev–Trinajstić information content (AvgIpc) is 2.29. The van der Waals surface area contributed by atoms with Gasteiger partial charge in [0.15, 0.2) is 0 Å². The van der Waals surface area contributed by atoms with Gasteiger partial charge in [0.25, 0.3) is 0 Å². The van der Waals surface area contributed by atoms with Crippen molar-refractivity contribution in [1.82, 2.24) is 15.3 Å². The molecule has 96 valence electrons. The number of methoxy groups -OCH3 is 1. The minimum Gasteiger partial charge on any atom is -0.467 e. The van der Waals surface area contributed by atoms with Gasteiger partial charge in [-0.1, -0.05) is 0 Å². The van der Waals surface area contributed by atoms with E-state index < -0.39 is 0 Å². The highest BCUT2D eigenvalue weighted by atomic mass is 16.5. The van der Waals surface area contributed by atoms with Crippen LogP contribution in [0.5, 0.6) is 6.01 Å². The Morgan fingerprint density at radius 1 is 1.29 bits per heavy atom. The fraction of sp³-hybridized carbons (Fsp3) is 0.667. The molecule has 1 unspecified atom stereocenters. The zero-order chi connectivity index (χ0) is 12.9. The molecule has 0 bridgehead atoms. The summed E-state index contributed by atoms with van der Waals surface area (Å²) >= 11 is 0. The Labute approximate surface area is 103 Å². The Morgan fingerprint density at radius 2 is 1.88 bits per heavy atom. The van der Waals surface area contributed by atoms with Crippen molar-refractivity contribution in [3.63, 3.8) is 0 Å². The molecule has 1 atom stereocenters. The van der Waals surface area contributed by atoms with Gasteiger partial charge in [0.05, 0.1) is 25.4 Å². The largest absolute Gasteiger partial charge is 0.467 e. The number of nitrogens with zero attached hydrogens (tertiary/aromatic N) is 2. The molecule has 1 aromatic rings. The molecule has 0 radical (unpaired) electrons. The highest BCUT2D eigenvalue weighted by Crippen LogP contribution is 2.16. The van der Waals surface area contributed by atoms with Gasteiger partial charge in [0.2, 0.25) is 0 Å². The molecule has 0 spiro atoms. The number of hydrogen-bond acceptors (Lipinski definition) is 5. The van der Waals surface area contributed by atoms with Gasteiger partial charge < -0.3 is 14.8 Å². The van der Waals surface area contributed by atoms with Gasteiger partial charge in [0, 0.05) is 18.0 Å². The number of hydrogen-bond donors (Lipinski definition) is 1. The molecule has 0 fully saturated rings. The number of aromatic nitrogens is 2. The van der Waals surface area contributed by atoms with Gasteiger partial charge in [-0.3, -0.25) is 0 Å². The number of ether oxygens (including phenoxy) is 2. The first kappa shape index (κ1) is 13.9. The summed E-state index contributed by atoms with van der Waals surface area (Å²) in [6, 6.07) is 0.459. The molecule has 5 nitrogen and oxygen atoms in total. The molecule has 0 aromatic carbocycles. The third-order valence-corrected chi connectivity index (χ3v) is 2.26. The zero-order valence-electron chi connectivity index (χ0n) is 11.2. The van der Waals surface area contributed by atoms with Crippen LogP contribution in [0.2, 0.25) is 0 Å². The Kier molecular flexibility index (Phi) is 4.84. The summed E-state index contributed by atoms with van der Waals surface area (Å²) < 4.78 is 10.7. The van der Waals surface area contributed by atoms with Gasteiger partial charge in [-0.15, -0.1) is 0 Å². The van der Waals surface area contributed by atoms with E-state index in [0.29, 0.717) is 12.6 Å². The van der Waals surface area contributed by atoms with Gasteiger partial charge in [0.1, 0.15) is 0 Å². The monoisotopic (exact) mass is 239 g/mol. The lowest BCUT2D eigenvalue weighted by Crippen LogP contribution is -2.28. The molecule has 0 amide bonds. The molecule has 0 aliphatic rings. The van der Waals surface area contributed by atoms with E-state index in [9.17, 15) is 0 Å². The second-order valence-corrected chi connectivity index (χ2v) is 4.77. The fourth-order valence-corrected chi connectivity index (χ4v) is 1.29. The molecule has 0 saturated heterocycles. The van der Waals surface area contributed by atoms with Crippen molar-refractivity contribution in [1.29, 1.82) is 0 Å². The maximum atomic E-state index is 5.74. The summed E-state index contributed by atoms with van der Waals surface area (Å²) in [4.78, 5) is 8.16. The average molecular weight is 239 g/mol. The van der Waals surface area contributed by atoms with Gasteiger partial charge in [-0.05, 0) is 27.8 Å². The van der Waals surface area contributed by atoms with Crippen LogP contribution in [0, 0.1) is 0 Å². The minimum atomic E-state index is -0.150. The highest BCUT2D eigenvalue weighted by molar-refractivity contribution is 5.12. The van der Waals surface area contributed by atoms with Crippen molar-refractivity contribution in [3.05, 3.63) is 18.0 Å². The van der Waals surface area contributed by atoms with Crippen molar-refractivity contribution in [2.45, 2.75) is 32.4 Å². The van der Waals surface area contributed by atoms with E-state index in [0.717, 1.165) is 5.56 Å². The molecule has 1 N–H and O–H groups in total. The van der Waals surface area contributed by atoms with E-state index in [-0.39, 0.29) is 11.6 Å². The first-order chi connectivity index (χ1) is 7.96. The van der Waals surface area contributed by atoms with E-state index >= 15 is 0 Å². The van der Waals surface area contributed by atoms with Crippen molar-refractivity contribution in [2.24, 2.45) is 0 Å². The topological polar surface area (TPSA) is 56.3 Å². The molecule has 1 aromatic heterocycles. The standard InChI is InChI=1S/C12H21N3O2/c1-12(2,3)17-8-10(13-4)9-6-14-11(16-5)15-7-9/h6-7,10,13H,8H2,1-5H3. The Bertz CT molecular complexity index is 333. The Hall–Kier alpha value is -1.20. The van der Waals surface area contributed by atoms with E-state index in [2.05, 4.69) is 15.3 Å². The van der Waals surface area contributed by atoms with E-state index in [4.69, 9.17) is 9.47 Å². The van der Waals surface area contributed by atoms with Gasteiger partial charge in [-0.25, -0.2) is 9.97 Å². The van der Waals surface area contributed by atoms with Crippen LogP contribution in [-0.2, 0) is 4.74 Å².